The fourth-order valence-electron chi connectivity index (χ4n) is 1.69. The lowest BCUT2D eigenvalue weighted by atomic mass is 10.1. The quantitative estimate of drug-likeness (QED) is 0.216. The summed E-state index contributed by atoms with van der Waals surface area (Å²) in [5.74, 6) is -11.3. The Balaban J connectivity index is 2.78. The molecule has 0 unspecified atom stereocenters. The number of esters is 1. The van der Waals surface area contributed by atoms with Crippen molar-refractivity contribution in [1.29, 1.82) is 0 Å². The molecule has 0 aliphatic carbocycles. The standard InChI is InChI=1S/C13H6F4O5/c1-2-21-13(20)11(19)4-3-22-12-5(10(4)18)6(14)7(15)8(16)9(12)17/h3H,2H2,1H3. The molecule has 0 N–H and O–H groups in total. The number of ketones is 1. The number of rotatable bonds is 3. The van der Waals surface area contributed by atoms with Crippen LogP contribution < -0.4 is 5.43 Å². The minimum absolute atomic E-state index is 0.174. The average Bonchev–Trinajstić information content (AvgIpc) is 2.50. The van der Waals surface area contributed by atoms with Crippen molar-refractivity contribution >= 4 is 22.7 Å². The van der Waals surface area contributed by atoms with Crippen LogP contribution in [-0.2, 0) is 9.53 Å². The van der Waals surface area contributed by atoms with E-state index in [2.05, 4.69) is 9.15 Å². The van der Waals surface area contributed by atoms with E-state index in [0.29, 0.717) is 6.26 Å². The number of hydrogen-bond acceptors (Lipinski definition) is 5. The summed E-state index contributed by atoms with van der Waals surface area (Å²) in [5, 5.41) is -1.31. The van der Waals surface area contributed by atoms with Crippen LogP contribution in [0.15, 0.2) is 15.5 Å². The van der Waals surface area contributed by atoms with Crippen molar-refractivity contribution in [3.8, 4) is 0 Å². The summed E-state index contributed by atoms with van der Waals surface area (Å²) < 4.78 is 62.1. The highest BCUT2D eigenvalue weighted by Gasteiger charge is 2.29. The van der Waals surface area contributed by atoms with Crippen molar-refractivity contribution in [3.63, 3.8) is 0 Å². The fraction of sp³-hybridized carbons (Fsp3) is 0.154. The average molecular weight is 318 g/mol. The molecule has 1 aromatic heterocycles. The second-order valence-corrected chi connectivity index (χ2v) is 3.99. The van der Waals surface area contributed by atoms with Crippen molar-refractivity contribution in [1.82, 2.24) is 0 Å². The molecule has 0 amide bonds. The zero-order chi connectivity index (χ0) is 16.6. The van der Waals surface area contributed by atoms with E-state index < -0.39 is 57.0 Å². The summed E-state index contributed by atoms with van der Waals surface area (Å²) >= 11 is 0. The van der Waals surface area contributed by atoms with Crippen LogP contribution >= 0.6 is 0 Å². The molecule has 0 saturated heterocycles. The smallest absolute Gasteiger partial charge is 0.379 e. The van der Waals surface area contributed by atoms with Gasteiger partial charge in [0.15, 0.2) is 17.2 Å². The van der Waals surface area contributed by atoms with Crippen molar-refractivity contribution in [3.05, 3.63) is 45.3 Å². The molecular weight excluding hydrogens is 312 g/mol. The molecular formula is C13H6F4O5. The first-order valence-corrected chi connectivity index (χ1v) is 5.80. The molecule has 0 saturated carbocycles. The predicted molar refractivity (Wildman–Crippen MR) is 63.3 cm³/mol. The molecule has 0 aliphatic rings. The van der Waals surface area contributed by atoms with Crippen molar-refractivity contribution in [2.45, 2.75) is 6.92 Å². The van der Waals surface area contributed by atoms with Gasteiger partial charge in [-0.25, -0.2) is 18.0 Å². The summed E-state index contributed by atoms with van der Waals surface area (Å²) in [6.07, 6.45) is 0.351. The lowest BCUT2D eigenvalue weighted by molar-refractivity contribution is -0.137. The number of hydrogen-bond donors (Lipinski definition) is 0. The largest absolute Gasteiger partial charge is 0.460 e. The van der Waals surface area contributed by atoms with E-state index in [9.17, 15) is 31.9 Å². The topological polar surface area (TPSA) is 73.6 Å². The van der Waals surface area contributed by atoms with Gasteiger partial charge in [0.1, 0.15) is 17.2 Å². The Morgan fingerprint density at radius 3 is 2.27 bits per heavy atom. The van der Waals surface area contributed by atoms with E-state index in [1.54, 1.807) is 0 Å². The van der Waals surface area contributed by atoms with E-state index in [0.717, 1.165) is 0 Å². The second kappa shape index (κ2) is 5.58. The Kier molecular flexibility index (Phi) is 3.98. The van der Waals surface area contributed by atoms with E-state index in [1.165, 1.54) is 6.92 Å². The summed E-state index contributed by atoms with van der Waals surface area (Å²) in [4.78, 5) is 34.8. The van der Waals surface area contributed by atoms with Crippen LogP contribution in [0.2, 0.25) is 0 Å². The third-order valence-corrected chi connectivity index (χ3v) is 2.70. The Bertz CT molecular complexity index is 856. The molecule has 0 radical (unpaired) electrons. The van der Waals surface area contributed by atoms with Crippen LogP contribution in [0.3, 0.4) is 0 Å². The Morgan fingerprint density at radius 1 is 1.09 bits per heavy atom. The predicted octanol–water partition coefficient (Wildman–Crippen LogP) is 2.10. The fourth-order valence-corrected chi connectivity index (χ4v) is 1.69. The summed E-state index contributed by atoms with van der Waals surface area (Å²) in [6.45, 7) is 1.22. The third-order valence-electron chi connectivity index (χ3n) is 2.70. The molecule has 5 nitrogen and oxygen atoms in total. The van der Waals surface area contributed by atoms with Crippen molar-refractivity contribution < 1.29 is 36.3 Å². The highest BCUT2D eigenvalue weighted by atomic mass is 19.2. The van der Waals surface area contributed by atoms with Crippen LogP contribution in [0.25, 0.3) is 11.0 Å². The van der Waals surface area contributed by atoms with Gasteiger partial charge < -0.3 is 9.15 Å². The maximum Gasteiger partial charge on any atom is 0.379 e. The van der Waals surface area contributed by atoms with Gasteiger partial charge in [-0.1, -0.05) is 0 Å². The van der Waals surface area contributed by atoms with Gasteiger partial charge in [0.25, 0.3) is 5.78 Å². The minimum atomic E-state index is -2.24. The number of carbonyl (C=O) groups is 2. The number of fused-ring (bicyclic) bond motifs is 1. The molecule has 0 bridgehead atoms. The lowest BCUT2D eigenvalue weighted by Crippen LogP contribution is -2.25. The van der Waals surface area contributed by atoms with Crippen LogP contribution in [0.5, 0.6) is 0 Å². The summed E-state index contributed by atoms with van der Waals surface area (Å²) in [7, 11) is 0. The van der Waals surface area contributed by atoms with Gasteiger partial charge >= 0.3 is 5.97 Å². The Hall–Kier alpha value is -2.71. The second-order valence-electron chi connectivity index (χ2n) is 3.99. The first-order chi connectivity index (χ1) is 10.3. The highest BCUT2D eigenvalue weighted by molar-refractivity contribution is 6.40. The monoisotopic (exact) mass is 318 g/mol. The van der Waals surface area contributed by atoms with Gasteiger partial charge in [-0.2, -0.15) is 4.39 Å². The zero-order valence-corrected chi connectivity index (χ0v) is 10.8. The number of Topliss-reactive ketones (excluding diaryl/α,β-unsaturated/α-hetero) is 1. The molecule has 1 aromatic carbocycles. The van der Waals surface area contributed by atoms with Crippen LogP contribution in [0, 0.1) is 23.3 Å². The maximum atomic E-state index is 13.6. The summed E-state index contributed by atoms with van der Waals surface area (Å²) in [6, 6.07) is 0. The first kappa shape index (κ1) is 15.7. The molecule has 0 fully saturated rings. The number of benzene rings is 1. The van der Waals surface area contributed by atoms with E-state index >= 15 is 0 Å². The SMILES string of the molecule is CCOC(=O)C(=O)c1coc2c(F)c(F)c(F)c(F)c2c1=O. The number of ether oxygens (including phenoxy) is 1. The molecule has 2 aromatic rings. The molecule has 116 valence electrons. The van der Waals surface area contributed by atoms with Crippen molar-refractivity contribution in [2.75, 3.05) is 6.61 Å². The van der Waals surface area contributed by atoms with Crippen LogP contribution in [-0.4, -0.2) is 18.4 Å². The van der Waals surface area contributed by atoms with Gasteiger partial charge in [0.2, 0.25) is 17.1 Å². The van der Waals surface area contributed by atoms with Gasteiger partial charge in [-0.3, -0.25) is 9.59 Å². The minimum Gasteiger partial charge on any atom is -0.460 e. The Labute approximate surface area is 119 Å². The van der Waals surface area contributed by atoms with Gasteiger partial charge in [-0.15, -0.1) is 0 Å². The molecule has 22 heavy (non-hydrogen) atoms. The number of halogens is 4. The zero-order valence-electron chi connectivity index (χ0n) is 10.8. The molecule has 0 spiro atoms. The molecule has 0 aliphatic heterocycles. The van der Waals surface area contributed by atoms with Gasteiger partial charge in [-0.05, 0) is 6.92 Å². The van der Waals surface area contributed by atoms with Crippen LogP contribution in [0.1, 0.15) is 17.3 Å². The summed E-state index contributed by atoms with van der Waals surface area (Å²) in [5.41, 5.74) is -3.72. The normalized spacial score (nSPS) is 10.8. The third kappa shape index (κ3) is 2.24. The van der Waals surface area contributed by atoms with E-state index in [1.807, 2.05) is 0 Å². The molecule has 0 atom stereocenters. The molecule has 1 heterocycles. The maximum absolute atomic E-state index is 13.6. The molecule has 2 rings (SSSR count). The van der Waals surface area contributed by atoms with Gasteiger partial charge in [0.05, 0.1) is 6.61 Å². The Morgan fingerprint density at radius 2 is 1.68 bits per heavy atom. The van der Waals surface area contributed by atoms with E-state index in [-0.39, 0.29) is 6.61 Å². The highest BCUT2D eigenvalue weighted by Crippen LogP contribution is 2.25. The van der Waals surface area contributed by atoms with Crippen molar-refractivity contribution in [2.24, 2.45) is 0 Å². The van der Waals surface area contributed by atoms with Crippen LogP contribution in [0.4, 0.5) is 17.6 Å². The van der Waals surface area contributed by atoms with Gasteiger partial charge in [0, 0.05) is 0 Å². The van der Waals surface area contributed by atoms with E-state index in [4.69, 9.17) is 0 Å². The first-order valence-electron chi connectivity index (χ1n) is 5.80. The lowest BCUT2D eigenvalue weighted by Gasteiger charge is -2.05. The number of carbonyl (C=O) groups excluding carboxylic acids is 2. The molecule has 9 heteroatoms.